The zero-order valence-electron chi connectivity index (χ0n) is 16.5. The molecule has 0 aliphatic carbocycles. The van der Waals surface area contributed by atoms with Crippen LogP contribution >= 0.6 is 0 Å². The van der Waals surface area contributed by atoms with Gasteiger partial charge in [0.05, 0.1) is 18.4 Å². The van der Waals surface area contributed by atoms with E-state index in [9.17, 15) is 4.79 Å². The van der Waals surface area contributed by atoms with Crippen LogP contribution in [0.4, 0.5) is 11.4 Å². The van der Waals surface area contributed by atoms with Gasteiger partial charge in [-0.1, -0.05) is 24.3 Å². The molecule has 0 saturated carbocycles. The van der Waals surface area contributed by atoms with Gasteiger partial charge in [-0.2, -0.15) is 0 Å². The predicted octanol–water partition coefficient (Wildman–Crippen LogP) is 4.61. The molecule has 0 bridgehead atoms. The molecule has 0 atom stereocenters. The molecule has 0 aliphatic rings. The molecule has 0 aliphatic heterocycles. The Labute approximate surface area is 165 Å². The van der Waals surface area contributed by atoms with E-state index >= 15 is 0 Å². The molecule has 0 saturated heterocycles. The van der Waals surface area contributed by atoms with E-state index in [0.717, 1.165) is 41.2 Å². The predicted molar refractivity (Wildman–Crippen MR) is 113 cm³/mol. The summed E-state index contributed by atoms with van der Waals surface area (Å²) in [6, 6.07) is 15.8. The average Bonchev–Trinajstić information content (AvgIpc) is 2.71. The number of pyridine rings is 1. The van der Waals surface area contributed by atoms with Crippen molar-refractivity contribution in [1.82, 2.24) is 4.98 Å². The van der Waals surface area contributed by atoms with Gasteiger partial charge in [0.25, 0.3) is 5.91 Å². The number of rotatable bonds is 7. The van der Waals surface area contributed by atoms with E-state index in [-0.39, 0.29) is 5.91 Å². The maximum absolute atomic E-state index is 12.6. The third-order valence-electron chi connectivity index (χ3n) is 4.52. The van der Waals surface area contributed by atoms with Crippen molar-refractivity contribution in [3.05, 3.63) is 83.2 Å². The highest BCUT2D eigenvalue weighted by Gasteiger charge is 2.09. The summed E-state index contributed by atoms with van der Waals surface area (Å²) >= 11 is 0. The molecular weight excluding hydrogens is 350 g/mol. The minimum Gasteiger partial charge on any atom is -0.497 e. The second kappa shape index (κ2) is 9.04. The molecule has 2 aromatic carbocycles. The quantitative estimate of drug-likeness (QED) is 0.633. The van der Waals surface area contributed by atoms with Crippen LogP contribution < -0.4 is 15.4 Å². The molecule has 1 amide bonds. The Kier molecular flexibility index (Phi) is 6.27. The summed E-state index contributed by atoms with van der Waals surface area (Å²) in [6.07, 6.45) is 4.14. The molecule has 2 N–H and O–H groups in total. The van der Waals surface area contributed by atoms with Crippen LogP contribution in [-0.2, 0) is 6.42 Å². The molecule has 28 heavy (non-hydrogen) atoms. The first-order valence-electron chi connectivity index (χ1n) is 9.25. The number of aryl methyl sites for hydroxylation is 2. The second-order valence-corrected chi connectivity index (χ2v) is 6.76. The molecular formula is C23H25N3O2. The minimum absolute atomic E-state index is 0.169. The lowest BCUT2D eigenvalue weighted by molar-refractivity contribution is 0.102. The number of methoxy groups -OCH3 is 1. The fraction of sp³-hybridized carbons (Fsp3) is 0.217. The molecule has 5 nitrogen and oxygen atoms in total. The normalized spacial score (nSPS) is 10.4. The number of aromatic nitrogens is 1. The van der Waals surface area contributed by atoms with E-state index in [0.29, 0.717) is 5.56 Å². The van der Waals surface area contributed by atoms with Crippen molar-refractivity contribution in [2.45, 2.75) is 20.3 Å². The van der Waals surface area contributed by atoms with Crippen LogP contribution in [0, 0.1) is 13.8 Å². The Morgan fingerprint density at radius 2 is 1.93 bits per heavy atom. The van der Waals surface area contributed by atoms with E-state index in [1.807, 2.05) is 56.3 Å². The van der Waals surface area contributed by atoms with Crippen LogP contribution in [0.15, 0.2) is 60.9 Å². The zero-order valence-corrected chi connectivity index (χ0v) is 16.5. The molecule has 0 radical (unpaired) electrons. The van der Waals surface area contributed by atoms with Gasteiger partial charge in [-0.3, -0.25) is 9.78 Å². The number of nitrogens with zero attached hydrogens (tertiary/aromatic N) is 1. The van der Waals surface area contributed by atoms with E-state index in [2.05, 4.69) is 21.7 Å². The minimum atomic E-state index is -0.169. The van der Waals surface area contributed by atoms with Crippen molar-refractivity contribution in [3.63, 3.8) is 0 Å². The van der Waals surface area contributed by atoms with Crippen molar-refractivity contribution >= 4 is 17.3 Å². The van der Waals surface area contributed by atoms with Crippen molar-refractivity contribution in [1.29, 1.82) is 0 Å². The Bertz CT molecular complexity index is 970. The SMILES string of the molecule is COc1cccc(CCNc2cncc(C(=O)Nc3cc(C)ccc3C)c2)c1. The van der Waals surface area contributed by atoms with Crippen molar-refractivity contribution in [2.24, 2.45) is 0 Å². The van der Waals surface area contributed by atoms with E-state index < -0.39 is 0 Å². The summed E-state index contributed by atoms with van der Waals surface area (Å²) < 4.78 is 5.25. The number of hydrogen-bond acceptors (Lipinski definition) is 4. The van der Waals surface area contributed by atoms with Gasteiger partial charge in [0, 0.05) is 24.6 Å². The average molecular weight is 375 g/mol. The lowest BCUT2D eigenvalue weighted by Gasteiger charge is -2.11. The molecule has 0 spiro atoms. The van der Waals surface area contributed by atoms with Gasteiger partial charge in [-0.15, -0.1) is 0 Å². The lowest BCUT2D eigenvalue weighted by atomic mass is 10.1. The molecule has 1 heterocycles. The lowest BCUT2D eigenvalue weighted by Crippen LogP contribution is -2.14. The van der Waals surface area contributed by atoms with Crippen LogP contribution in [0.2, 0.25) is 0 Å². The second-order valence-electron chi connectivity index (χ2n) is 6.76. The summed E-state index contributed by atoms with van der Waals surface area (Å²) in [5.74, 6) is 0.682. The highest BCUT2D eigenvalue weighted by molar-refractivity contribution is 6.05. The van der Waals surface area contributed by atoms with E-state index in [1.165, 1.54) is 5.56 Å². The fourth-order valence-electron chi connectivity index (χ4n) is 2.90. The maximum atomic E-state index is 12.6. The number of carbonyl (C=O) groups is 1. The van der Waals surface area contributed by atoms with Crippen LogP contribution in [0.3, 0.4) is 0 Å². The van der Waals surface area contributed by atoms with Crippen molar-refractivity contribution < 1.29 is 9.53 Å². The fourth-order valence-corrected chi connectivity index (χ4v) is 2.90. The zero-order chi connectivity index (χ0) is 19.9. The first-order valence-corrected chi connectivity index (χ1v) is 9.25. The van der Waals surface area contributed by atoms with Crippen LogP contribution in [0.1, 0.15) is 27.0 Å². The number of amides is 1. The van der Waals surface area contributed by atoms with Crippen LogP contribution in [0.25, 0.3) is 0 Å². The third kappa shape index (κ3) is 5.10. The molecule has 0 unspecified atom stereocenters. The summed E-state index contributed by atoms with van der Waals surface area (Å²) in [6.45, 7) is 4.71. The Hall–Kier alpha value is -3.34. The van der Waals surface area contributed by atoms with Gasteiger partial charge in [0.1, 0.15) is 5.75 Å². The Morgan fingerprint density at radius 3 is 2.75 bits per heavy atom. The standard InChI is InChI=1S/C23H25N3O2/c1-16-7-8-17(2)22(11-16)26-23(27)19-13-20(15-24-14-19)25-10-9-18-5-4-6-21(12-18)28-3/h4-8,11-15,25H,9-10H2,1-3H3,(H,26,27). The number of anilines is 2. The molecule has 0 fully saturated rings. The maximum Gasteiger partial charge on any atom is 0.257 e. The molecule has 144 valence electrons. The van der Waals surface area contributed by atoms with Gasteiger partial charge in [0.2, 0.25) is 0 Å². The Morgan fingerprint density at radius 1 is 1.07 bits per heavy atom. The first kappa shape index (κ1) is 19.4. The monoisotopic (exact) mass is 375 g/mol. The van der Waals surface area contributed by atoms with Gasteiger partial charge >= 0.3 is 0 Å². The van der Waals surface area contributed by atoms with E-state index in [4.69, 9.17) is 4.74 Å². The third-order valence-corrected chi connectivity index (χ3v) is 4.52. The summed E-state index contributed by atoms with van der Waals surface area (Å²) in [7, 11) is 1.66. The smallest absolute Gasteiger partial charge is 0.257 e. The van der Waals surface area contributed by atoms with Crippen molar-refractivity contribution in [2.75, 3.05) is 24.3 Å². The number of hydrogen-bond donors (Lipinski definition) is 2. The summed E-state index contributed by atoms with van der Waals surface area (Å²) in [4.78, 5) is 16.8. The summed E-state index contributed by atoms with van der Waals surface area (Å²) in [5, 5.41) is 6.30. The van der Waals surface area contributed by atoms with E-state index in [1.54, 1.807) is 19.5 Å². The molecule has 1 aromatic heterocycles. The largest absolute Gasteiger partial charge is 0.497 e. The number of carbonyl (C=O) groups excluding carboxylic acids is 1. The first-order chi connectivity index (χ1) is 13.5. The summed E-state index contributed by atoms with van der Waals surface area (Å²) in [5.41, 5.74) is 5.47. The van der Waals surface area contributed by atoms with Crippen molar-refractivity contribution in [3.8, 4) is 5.75 Å². The van der Waals surface area contributed by atoms with Crippen LogP contribution in [-0.4, -0.2) is 24.5 Å². The highest BCUT2D eigenvalue weighted by Crippen LogP contribution is 2.18. The van der Waals surface area contributed by atoms with Gasteiger partial charge in [-0.25, -0.2) is 0 Å². The molecule has 5 heteroatoms. The Balaban J connectivity index is 1.61. The molecule has 3 rings (SSSR count). The molecule has 3 aromatic rings. The van der Waals surface area contributed by atoms with Gasteiger partial charge < -0.3 is 15.4 Å². The highest BCUT2D eigenvalue weighted by atomic mass is 16.5. The van der Waals surface area contributed by atoms with Gasteiger partial charge in [0.15, 0.2) is 0 Å². The van der Waals surface area contributed by atoms with Gasteiger partial charge in [-0.05, 0) is 61.2 Å². The number of ether oxygens (including phenoxy) is 1. The topological polar surface area (TPSA) is 63.2 Å². The van der Waals surface area contributed by atoms with Crippen LogP contribution in [0.5, 0.6) is 5.75 Å². The number of benzene rings is 2. The number of nitrogens with one attached hydrogen (secondary N) is 2.